The van der Waals surface area contributed by atoms with Gasteiger partial charge in [0.05, 0.1) is 29.6 Å². The third-order valence-corrected chi connectivity index (χ3v) is 3.54. The summed E-state index contributed by atoms with van der Waals surface area (Å²) in [5.41, 5.74) is 4.52. The van der Waals surface area contributed by atoms with E-state index in [-0.39, 0.29) is 0 Å². The Balaban J connectivity index is 1.63. The molecular weight excluding hydrogens is 310 g/mol. The van der Waals surface area contributed by atoms with Crippen molar-refractivity contribution in [1.82, 2.24) is 4.98 Å². The third kappa shape index (κ3) is 4.72. The minimum atomic E-state index is 0.482. The van der Waals surface area contributed by atoms with Crippen LogP contribution in [0.25, 0.3) is 11.3 Å². The molecule has 3 rings (SSSR count). The first-order valence-electron chi connectivity index (χ1n) is 7.99. The van der Waals surface area contributed by atoms with E-state index in [4.69, 9.17) is 5.26 Å². The van der Waals surface area contributed by atoms with Gasteiger partial charge in [-0.1, -0.05) is 18.2 Å². The van der Waals surface area contributed by atoms with Gasteiger partial charge >= 0.3 is 0 Å². The lowest BCUT2D eigenvalue weighted by atomic mass is 10.1. The van der Waals surface area contributed by atoms with E-state index in [0.717, 1.165) is 28.3 Å². The highest BCUT2D eigenvalue weighted by molar-refractivity contribution is 5.61. The molecule has 0 bridgehead atoms. The Hall–Kier alpha value is -3.52. The average Bonchev–Trinajstić information content (AvgIpc) is 2.69. The fourth-order valence-electron chi connectivity index (χ4n) is 2.26. The lowest BCUT2D eigenvalue weighted by Crippen LogP contribution is -1.99. The van der Waals surface area contributed by atoms with Crippen molar-refractivity contribution in [3.8, 4) is 17.3 Å². The molecule has 0 amide bonds. The van der Waals surface area contributed by atoms with Crippen LogP contribution in [0.3, 0.4) is 0 Å². The van der Waals surface area contributed by atoms with Gasteiger partial charge in [-0.05, 0) is 48.5 Å². The van der Waals surface area contributed by atoms with Gasteiger partial charge in [0.2, 0.25) is 0 Å². The van der Waals surface area contributed by atoms with E-state index in [2.05, 4.69) is 26.6 Å². The van der Waals surface area contributed by atoms with Gasteiger partial charge in [0.25, 0.3) is 0 Å². The first kappa shape index (κ1) is 16.3. The number of anilines is 1. The summed E-state index contributed by atoms with van der Waals surface area (Å²) in [7, 11) is 0. The average molecular weight is 327 g/mol. The van der Waals surface area contributed by atoms with Gasteiger partial charge in [-0.2, -0.15) is 15.5 Å². The molecule has 25 heavy (non-hydrogen) atoms. The highest BCUT2D eigenvalue weighted by Gasteiger charge is 1.98. The maximum Gasteiger partial charge on any atom is 0.0858 e. The molecule has 0 saturated heterocycles. The first-order valence-corrected chi connectivity index (χ1v) is 7.99. The Labute approximate surface area is 146 Å². The standard InChI is InChI=1S/C20H17N5/c21-13-3-15-22-17-9-11-19(12-10-17)25-24-18-7-5-16(6-8-18)20-4-1-2-14-23-20/h1-2,4-12,14,22H,3,15H2. The number of aromatic nitrogens is 1. The molecule has 0 atom stereocenters. The molecule has 0 aliphatic rings. The van der Waals surface area contributed by atoms with Crippen LogP contribution in [0, 0.1) is 11.3 Å². The summed E-state index contributed by atoms with van der Waals surface area (Å²) in [6, 6.07) is 23.4. The first-order chi connectivity index (χ1) is 12.3. The smallest absolute Gasteiger partial charge is 0.0858 e. The quantitative estimate of drug-likeness (QED) is 0.480. The second-order valence-corrected chi connectivity index (χ2v) is 5.34. The van der Waals surface area contributed by atoms with Crippen LogP contribution in [0.1, 0.15) is 6.42 Å². The molecule has 0 aliphatic carbocycles. The van der Waals surface area contributed by atoms with E-state index < -0.39 is 0 Å². The van der Waals surface area contributed by atoms with Crippen molar-refractivity contribution in [2.24, 2.45) is 10.2 Å². The van der Waals surface area contributed by atoms with Gasteiger partial charge in [0.1, 0.15) is 0 Å². The zero-order valence-corrected chi connectivity index (χ0v) is 13.6. The maximum atomic E-state index is 8.53. The number of nitriles is 1. The van der Waals surface area contributed by atoms with E-state index in [9.17, 15) is 0 Å². The van der Waals surface area contributed by atoms with E-state index >= 15 is 0 Å². The molecule has 1 aromatic heterocycles. The number of hydrogen-bond donors (Lipinski definition) is 1. The second-order valence-electron chi connectivity index (χ2n) is 5.34. The summed E-state index contributed by atoms with van der Waals surface area (Å²) in [5.74, 6) is 0. The van der Waals surface area contributed by atoms with Crippen LogP contribution < -0.4 is 5.32 Å². The molecule has 3 aromatic rings. The second kappa shape index (κ2) is 8.37. The molecule has 0 radical (unpaired) electrons. The predicted molar refractivity (Wildman–Crippen MR) is 99.0 cm³/mol. The number of hydrogen-bond acceptors (Lipinski definition) is 5. The SMILES string of the molecule is N#CCCNc1ccc(N=Nc2ccc(-c3ccccn3)cc2)cc1. The Bertz CT molecular complexity index is 863. The molecule has 122 valence electrons. The van der Waals surface area contributed by atoms with Gasteiger partial charge in [-0.15, -0.1) is 0 Å². The number of rotatable bonds is 6. The van der Waals surface area contributed by atoms with Crippen LogP contribution in [0.2, 0.25) is 0 Å². The summed E-state index contributed by atoms with van der Waals surface area (Å²) >= 11 is 0. The van der Waals surface area contributed by atoms with Crippen molar-refractivity contribution >= 4 is 17.1 Å². The fourth-order valence-corrected chi connectivity index (χ4v) is 2.26. The molecule has 0 unspecified atom stereocenters. The molecule has 0 saturated carbocycles. The van der Waals surface area contributed by atoms with Crippen molar-refractivity contribution in [3.63, 3.8) is 0 Å². The van der Waals surface area contributed by atoms with E-state index in [1.54, 1.807) is 6.20 Å². The topological polar surface area (TPSA) is 73.4 Å². The Morgan fingerprint density at radius 3 is 2.16 bits per heavy atom. The van der Waals surface area contributed by atoms with Crippen molar-refractivity contribution in [1.29, 1.82) is 5.26 Å². The summed E-state index contributed by atoms with van der Waals surface area (Å²) in [6.07, 6.45) is 2.26. The van der Waals surface area contributed by atoms with Crippen LogP contribution in [0.4, 0.5) is 17.1 Å². The van der Waals surface area contributed by atoms with Crippen LogP contribution in [0.5, 0.6) is 0 Å². The van der Waals surface area contributed by atoms with Crippen LogP contribution >= 0.6 is 0 Å². The molecule has 0 aliphatic heterocycles. The summed E-state index contributed by atoms with van der Waals surface area (Å²) in [6.45, 7) is 0.639. The molecule has 5 nitrogen and oxygen atoms in total. The zero-order valence-electron chi connectivity index (χ0n) is 13.6. The normalized spacial score (nSPS) is 10.5. The molecule has 5 heteroatoms. The van der Waals surface area contributed by atoms with Crippen molar-refractivity contribution < 1.29 is 0 Å². The molecule has 0 spiro atoms. The van der Waals surface area contributed by atoms with E-state index in [1.807, 2.05) is 66.7 Å². The largest absolute Gasteiger partial charge is 0.384 e. The van der Waals surface area contributed by atoms with Crippen molar-refractivity contribution in [3.05, 3.63) is 72.9 Å². The van der Waals surface area contributed by atoms with Gasteiger partial charge in [0.15, 0.2) is 0 Å². The van der Waals surface area contributed by atoms with Gasteiger partial charge in [-0.3, -0.25) is 4.98 Å². The van der Waals surface area contributed by atoms with Crippen LogP contribution in [0.15, 0.2) is 83.2 Å². The Kier molecular flexibility index (Phi) is 5.47. The molecule has 0 fully saturated rings. The number of benzene rings is 2. The van der Waals surface area contributed by atoms with Gasteiger partial charge in [-0.25, -0.2) is 0 Å². The Morgan fingerprint density at radius 1 is 0.880 bits per heavy atom. The van der Waals surface area contributed by atoms with Crippen molar-refractivity contribution in [2.75, 3.05) is 11.9 Å². The number of pyridine rings is 1. The summed E-state index contributed by atoms with van der Waals surface area (Å²) in [5, 5.41) is 20.2. The van der Waals surface area contributed by atoms with Crippen LogP contribution in [-0.4, -0.2) is 11.5 Å². The lowest BCUT2D eigenvalue weighted by molar-refractivity contribution is 1.07. The molecule has 2 aromatic carbocycles. The predicted octanol–water partition coefficient (Wildman–Crippen LogP) is 5.49. The number of nitrogens with zero attached hydrogens (tertiary/aromatic N) is 4. The third-order valence-electron chi connectivity index (χ3n) is 3.54. The highest BCUT2D eigenvalue weighted by Crippen LogP contribution is 2.23. The summed E-state index contributed by atoms with van der Waals surface area (Å²) < 4.78 is 0. The van der Waals surface area contributed by atoms with E-state index in [0.29, 0.717) is 13.0 Å². The summed E-state index contributed by atoms with van der Waals surface area (Å²) in [4.78, 5) is 4.33. The molecule has 1 N–H and O–H groups in total. The van der Waals surface area contributed by atoms with E-state index in [1.165, 1.54) is 0 Å². The molecular formula is C20H17N5. The number of azo groups is 1. The number of nitrogens with one attached hydrogen (secondary N) is 1. The zero-order chi connectivity index (χ0) is 17.3. The lowest BCUT2D eigenvalue weighted by Gasteiger charge is -2.03. The van der Waals surface area contributed by atoms with Crippen LogP contribution in [-0.2, 0) is 0 Å². The Morgan fingerprint density at radius 2 is 1.56 bits per heavy atom. The maximum absolute atomic E-state index is 8.53. The monoisotopic (exact) mass is 327 g/mol. The minimum Gasteiger partial charge on any atom is -0.384 e. The van der Waals surface area contributed by atoms with Gasteiger partial charge in [0, 0.05) is 24.0 Å². The highest BCUT2D eigenvalue weighted by atomic mass is 15.1. The minimum absolute atomic E-state index is 0.482. The molecule has 1 heterocycles. The fraction of sp³-hybridized carbons (Fsp3) is 0.100. The van der Waals surface area contributed by atoms with Gasteiger partial charge < -0.3 is 5.32 Å². The van der Waals surface area contributed by atoms with Crippen molar-refractivity contribution in [2.45, 2.75) is 6.42 Å².